The summed E-state index contributed by atoms with van der Waals surface area (Å²) in [5.41, 5.74) is -0.626. The summed E-state index contributed by atoms with van der Waals surface area (Å²) in [5.74, 6) is 0. The number of phosphoric ester groups is 1. The molecular weight excluding hydrogens is 395 g/mol. The maximum absolute atomic E-state index is 12.0. The number of aromatic amines is 1. The first kappa shape index (κ1) is 20.6. The molecule has 12 heteroatoms. The van der Waals surface area contributed by atoms with Gasteiger partial charge in [-0.1, -0.05) is 30.3 Å². The van der Waals surface area contributed by atoms with Crippen LogP contribution in [0.5, 0.6) is 0 Å². The summed E-state index contributed by atoms with van der Waals surface area (Å²) in [5, 5.41) is 10.4. The van der Waals surface area contributed by atoms with Crippen LogP contribution >= 0.6 is 7.82 Å². The molecular formula is C16H19N2O9P. The molecule has 0 unspecified atom stereocenters. The molecule has 1 aromatic carbocycles. The highest BCUT2D eigenvalue weighted by Crippen LogP contribution is 2.43. The summed E-state index contributed by atoms with van der Waals surface area (Å²) in [6.07, 6.45) is -4.35. The molecule has 4 N–H and O–H groups in total. The first-order valence-electron chi connectivity index (χ1n) is 8.25. The Morgan fingerprint density at radius 1 is 1.18 bits per heavy atom. The van der Waals surface area contributed by atoms with Crippen molar-refractivity contribution in [2.24, 2.45) is 0 Å². The molecule has 2 heterocycles. The van der Waals surface area contributed by atoms with Gasteiger partial charge >= 0.3 is 13.5 Å². The third kappa shape index (κ3) is 5.03. The van der Waals surface area contributed by atoms with Gasteiger partial charge in [-0.2, -0.15) is 0 Å². The molecule has 0 saturated carbocycles. The zero-order valence-corrected chi connectivity index (χ0v) is 15.3. The SMILES string of the molecule is O=c1ccn([C@@H]2O[C@H](COCc3ccccc3)[C@@H](OP(=O)(O)O)[C@H]2O)c(=O)[nH]1. The number of aliphatic hydroxyl groups is 1. The molecule has 0 aliphatic carbocycles. The van der Waals surface area contributed by atoms with Gasteiger partial charge in [0, 0.05) is 12.3 Å². The molecule has 0 spiro atoms. The Kier molecular flexibility index (Phi) is 6.26. The number of aliphatic hydroxyl groups excluding tert-OH is 1. The topological polar surface area (TPSA) is 160 Å². The van der Waals surface area contributed by atoms with E-state index in [0.29, 0.717) is 0 Å². The largest absolute Gasteiger partial charge is 0.470 e. The van der Waals surface area contributed by atoms with Gasteiger partial charge in [-0.15, -0.1) is 0 Å². The Labute approximate surface area is 158 Å². The van der Waals surface area contributed by atoms with Crippen molar-refractivity contribution in [3.63, 3.8) is 0 Å². The van der Waals surface area contributed by atoms with Crippen molar-refractivity contribution in [1.29, 1.82) is 0 Å². The van der Waals surface area contributed by atoms with Gasteiger partial charge in [0.15, 0.2) is 6.23 Å². The van der Waals surface area contributed by atoms with Gasteiger partial charge < -0.3 is 24.4 Å². The highest BCUT2D eigenvalue weighted by molar-refractivity contribution is 7.46. The van der Waals surface area contributed by atoms with E-state index in [2.05, 4.69) is 4.52 Å². The van der Waals surface area contributed by atoms with Crippen LogP contribution in [0.4, 0.5) is 0 Å². The number of nitrogens with one attached hydrogen (secondary N) is 1. The Balaban J connectivity index is 1.77. The molecule has 4 atom stereocenters. The van der Waals surface area contributed by atoms with Gasteiger partial charge in [0.1, 0.15) is 18.3 Å². The Bertz CT molecular complexity index is 954. The highest BCUT2D eigenvalue weighted by Gasteiger charge is 2.48. The minimum Gasteiger partial charge on any atom is -0.386 e. The molecule has 1 aromatic heterocycles. The van der Waals surface area contributed by atoms with E-state index in [1.807, 2.05) is 35.3 Å². The van der Waals surface area contributed by atoms with E-state index >= 15 is 0 Å². The Hall–Kier alpha value is -2.11. The van der Waals surface area contributed by atoms with Crippen molar-refractivity contribution in [1.82, 2.24) is 9.55 Å². The number of ether oxygens (including phenoxy) is 2. The minimum atomic E-state index is -4.96. The zero-order valence-electron chi connectivity index (χ0n) is 14.5. The van der Waals surface area contributed by atoms with Gasteiger partial charge in [0.25, 0.3) is 5.56 Å². The lowest BCUT2D eigenvalue weighted by Crippen LogP contribution is -2.38. The van der Waals surface area contributed by atoms with Gasteiger partial charge in [0.05, 0.1) is 13.2 Å². The van der Waals surface area contributed by atoms with E-state index < -0.39 is 43.6 Å². The van der Waals surface area contributed by atoms with E-state index in [-0.39, 0.29) is 13.2 Å². The van der Waals surface area contributed by atoms with Crippen LogP contribution < -0.4 is 11.2 Å². The molecule has 1 fully saturated rings. The quantitative estimate of drug-likeness (QED) is 0.438. The molecule has 152 valence electrons. The number of H-pyrrole nitrogens is 1. The predicted molar refractivity (Wildman–Crippen MR) is 94.3 cm³/mol. The summed E-state index contributed by atoms with van der Waals surface area (Å²) in [6.45, 7) is 0.0356. The average molecular weight is 414 g/mol. The van der Waals surface area contributed by atoms with Crippen molar-refractivity contribution < 1.29 is 33.5 Å². The fourth-order valence-corrected chi connectivity index (χ4v) is 3.44. The summed E-state index contributed by atoms with van der Waals surface area (Å²) in [6, 6.07) is 10.2. The first-order valence-corrected chi connectivity index (χ1v) is 9.78. The molecule has 11 nitrogen and oxygen atoms in total. The maximum Gasteiger partial charge on any atom is 0.470 e. The molecule has 0 radical (unpaired) electrons. The highest BCUT2D eigenvalue weighted by atomic mass is 31.2. The second-order valence-corrected chi connectivity index (χ2v) is 7.33. The Morgan fingerprint density at radius 3 is 2.54 bits per heavy atom. The van der Waals surface area contributed by atoms with Crippen molar-refractivity contribution in [3.05, 3.63) is 69.0 Å². The van der Waals surface area contributed by atoms with Crippen LogP contribution in [0.1, 0.15) is 11.8 Å². The molecule has 0 bridgehead atoms. The number of hydrogen-bond donors (Lipinski definition) is 4. The molecule has 1 saturated heterocycles. The minimum absolute atomic E-state index is 0.161. The van der Waals surface area contributed by atoms with Crippen LogP contribution in [0, 0.1) is 0 Å². The third-order valence-electron chi connectivity index (χ3n) is 4.09. The predicted octanol–water partition coefficient (Wildman–Crippen LogP) is -0.510. The van der Waals surface area contributed by atoms with E-state index in [0.717, 1.165) is 22.4 Å². The van der Waals surface area contributed by atoms with Crippen LogP contribution in [0.2, 0.25) is 0 Å². The van der Waals surface area contributed by atoms with E-state index in [1.165, 1.54) is 0 Å². The fraction of sp³-hybridized carbons (Fsp3) is 0.375. The summed E-state index contributed by atoms with van der Waals surface area (Å²) >= 11 is 0. The van der Waals surface area contributed by atoms with E-state index in [4.69, 9.17) is 19.3 Å². The monoisotopic (exact) mass is 414 g/mol. The fourth-order valence-electron chi connectivity index (χ4n) is 2.87. The molecule has 1 aliphatic rings. The van der Waals surface area contributed by atoms with Crippen molar-refractivity contribution in [3.8, 4) is 0 Å². The lowest BCUT2D eigenvalue weighted by molar-refractivity contribution is -0.0707. The normalized spacial score (nSPS) is 25.1. The molecule has 3 rings (SSSR count). The van der Waals surface area contributed by atoms with Crippen molar-refractivity contribution in [2.45, 2.75) is 31.1 Å². The number of rotatable bonds is 7. The first-order chi connectivity index (χ1) is 13.2. The maximum atomic E-state index is 12.0. The van der Waals surface area contributed by atoms with Gasteiger partial charge in [-0.3, -0.25) is 18.9 Å². The summed E-state index contributed by atoms with van der Waals surface area (Å²) in [4.78, 5) is 43.4. The Morgan fingerprint density at radius 2 is 1.89 bits per heavy atom. The van der Waals surface area contributed by atoms with Gasteiger partial charge in [0.2, 0.25) is 0 Å². The van der Waals surface area contributed by atoms with Crippen LogP contribution in [-0.4, -0.2) is 49.4 Å². The second-order valence-electron chi connectivity index (χ2n) is 6.13. The van der Waals surface area contributed by atoms with E-state index in [9.17, 15) is 19.3 Å². The average Bonchev–Trinajstić information content (AvgIpc) is 2.91. The van der Waals surface area contributed by atoms with Gasteiger partial charge in [-0.25, -0.2) is 9.36 Å². The standard InChI is InChI=1S/C16H19N2O9P/c19-12-6-7-18(16(21)17-12)15-13(20)14(27-28(22,23)24)11(26-15)9-25-8-10-4-2-1-3-5-10/h1-7,11,13-15,20H,8-9H2,(H,17,19,21)(H2,22,23,24)/t11-,13-,14-,15-/m1/s1. The molecule has 28 heavy (non-hydrogen) atoms. The summed E-state index contributed by atoms with van der Waals surface area (Å²) < 4.78 is 27.9. The molecule has 2 aromatic rings. The number of aromatic nitrogens is 2. The van der Waals surface area contributed by atoms with Crippen LogP contribution in [0.25, 0.3) is 0 Å². The third-order valence-corrected chi connectivity index (χ3v) is 4.61. The van der Waals surface area contributed by atoms with Crippen LogP contribution in [0.15, 0.2) is 52.2 Å². The molecule has 1 aliphatic heterocycles. The lowest BCUT2D eigenvalue weighted by Gasteiger charge is -2.21. The van der Waals surface area contributed by atoms with Crippen molar-refractivity contribution in [2.75, 3.05) is 6.61 Å². The number of hydrogen-bond acceptors (Lipinski definition) is 7. The smallest absolute Gasteiger partial charge is 0.386 e. The van der Waals surface area contributed by atoms with Crippen LogP contribution in [-0.2, 0) is 25.2 Å². The number of benzene rings is 1. The number of nitrogens with zero attached hydrogens (tertiary/aromatic N) is 1. The molecule has 0 amide bonds. The van der Waals surface area contributed by atoms with E-state index in [1.54, 1.807) is 0 Å². The van der Waals surface area contributed by atoms with Gasteiger partial charge in [-0.05, 0) is 5.56 Å². The van der Waals surface area contributed by atoms with Crippen LogP contribution in [0.3, 0.4) is 0 Å². The number of phosphoric acid groups is 1. The summed E-state index contributed by atoms with van der Waals surface area (Å²) in [7, 11) is -4.96. The zero-order chi connectivity index (χ0) is 20.3. The second kappa shape index (κ2) is 8.50. The lowest BCUT2D eigenvalue weighted by atomic mass is 10.1. The van der Waals surface area contributed by atoms with Crippen molar-refractivity contribution >= 4 is 7.82 Å².